The van der Waals surface area contributed by atoms with E-state index in [0.717, 1.165) is 5.56 Å². The van der Waals surface area contributed by atoms with Crippen LogP contribution in [0.4, 0.5) is 13.2 Å². The van der Waals surface area contributed by atoms with E-state index in [1.165, 1.54) is 16.7 Å². The van der Waals surface area contributed by atoms with Crippen LogP contribution in [-0.2, 0) is 4.79 Å². The average molecular weight is 310 g/mol. The lowest BCUT2D eigenvalue weighted by atomic mass is 10.2. The molecule has 0 spiro atoms. The molecule has 1 fully saturated rings. The number of alkyl halides is 3. The Balaban J connectivity index is 2.15. The van der Waals surface area contributed by atoms with Crippen LogP contribution in [0.5, 0.6) is 0 Å². The highest BCUT2D eigenvalue weighted by Crippen LogP contribution is 2.39. The van der Waals surface area contributed by atoms with E-state index in [1.807, 2.05) is 0 Å². The van der Waals surface area contributed by atoms with Crippen LogP contribution >= 0.6 is 23.4 Å². The molecule has 104 valence electrons. The molecule has 1 heterocycles. The molecule has 1 aliphatic heterocycles. The lowest BCUT2D eigenvalue weighted by Gasteiger charge is -2.24. The van der Waals surface area contributed by atoms with Gasteiger partial charge in [-0.3, -0.25) is 4.79 Å². The van der Waals surface area contributed by atoms with Crippen LogP contribution in [0, 0.1) is 0 Å². The summed E-state index contributed by atoms with van der Waals surface area (Å²) in [4.78, 5) is 13.0. The lowest BCUT2D eigenvalue weighted by molar-refractivity contribution is -0.161. The van der Waals surface area contributed by atoms with Gasteiger partial charge in [-0.25, -0.2) is 0 Å². The van der Waals surface area contributed by atoms with Crippen LogP contribution in [-0.4, -0.2) is 29.3 Å². The standard InChI is InChI=1S/C12H11ClF3NOS/c13-9-3-1-2-8(6-9)11-17(4-5-19-11)10(18)7-12(14,15)16/h1-3,6,11H,4-5,7H2. The topological polar surface area (TPSA) is 20.3 Å². The second-order valence-electron chi connectivity index (χ2n) is 4.16. The zero-order valence-electron chi connectivity index (χ0n) is 9.78. The molecule has 0 aliphatic carbocycles. The minimum Gasteiger partial charge on any atom is -0.325 e. The minimum atomic E-state index is -4.47. The van der Waals surface area contributed by atoms with Crippen molar-refractivity contribution < 1.29 is 18.0 Å². The first-order valence-corrected chi connectivity index (χ1v) is 7.03. The fourth-order valence-electron chi connectivity index (χ4n) is 1.93. The summed E-state index contributed by atoms with van der Waals surface area (Å²) in [6, 6.07) is 6.86. The van der Waals surface area contributed by atoms with Crippen LogP contribution in [0.25, 0.3) is 0 Å². The molecule has 0 aromatic heterocycles. The van der Waals surface area contributed by atoms with Gasteiger partial charge in [-0.05, 0) is 17.7 Å². The SMILES string of the molecule is O=C(CC(F)(F)F)N1CCSC1c1cccc(Cl)c1. The van der Waals surface area contributed by atoms with Crippen LogP contribution in [0.2, 0.25) is 5.02 Å². The molecule has 1 amide bonds. The molecule has 1 saturated heterocycles. The van der Waals surface area contributed by atoms with Gasteiger partial charge in [0.25, 0.3) is 0 Å². The second kappa shape index (κ2) is 5.63. The van der Waals surface area contributed by atoms with Gasteiger partial charge in [0, 0.05) is 17.3 Å². The van der Waals surface area contributed by atoms with Gasteiger partial charge in [0.1, 0.15) is 11.8 Å². The van der Waals surface area contributed by atoms with E-state index in [-0.39, 0.29) is 5.37 Å². The van der Waals surface area contributed by atoms with Gasteiger partial charge in [-0.1, -0.05) is 23.7 Å². The highest BCUT2D eigenvalue weighted by molar-refractivity contribution is 7.99. The van der Waals surface area contributed by atoms with Gasteiger partial charge >= 0.3 is 6.18 Å². The van der Waals surface area contributed by atoms with E-state index in [0.29, 0.717) is 17.3 Å². The highest BCUT2D eigenvalue weighted by Gasteiger charge is 2.38. The van der Waals surface area contributed by atoms with Crippen LogP contribution < -0.4 is 0 Å². The molecule has 1 aliphatic rings. The average Bonchev–Trinajstić information content (AvgIpc) is 2.75. The number of amides is 1. The lowest BCUT2D eigenvalue weighted by Crippen LogP contribution is -2.33. The summed E-state index contributed by atoms with van der Waals surface area (Å²) in [5.41, 5.74) is 0.755. The van der Waals surface area contributed by atoms with Crippen molar-refractivity contribution in [3.05, 3.63) is 34.9 Å². The summed E-state index contributed by atoms with van der Waals surface area (Å²) < 4.78 is 36.8. The molecule has 7 heteroatoms. The molecule has 1 unspecified atom stereocenters. The summed E-state index contributed by atoms with van der Waals surface area (Å²) >= 11 is 7.31. The first-order valence-electron chi connectivity index (χ1n) is 5.60. The van der Waals surface area contributed by atoms with E-state index >= 15 is 0 Å². The number of thioether (sulfide) groups is 1. The molecule has 0 N–H and O–H groups in total. The molecule has 1 atom stereocenters. The van der Waals surface area contributed by atoms with Crippen molar-refractivity contribution in [1.82, 2.24) is 4.90 Å². The van der Waals surface area contributed by atoms with E-state index < -0.39 is 18.5 Å². The highest BCUT2D eigenvalue weighted by atomic mass is 35.5. The Morgan fingerprint density at radius 1 is 1.47 bits per heavy atom. The summed E-state index contributed by atoms with van der Waals surface area (Å²) in [6.07, 6.45) is -5.88. The molecule has 1 aromatic carbocycles. The monoisotopic (exact) mass is 309 g/mol. The molecule has 0 saturated carbocycles. The van der Waals surface area contributed by atoms with Crippen molar-refractivity contribution in [3.63, 3.8) is 0 Å². The largest absolute Gasteiger partial charge is 0.397 e. The third-order valence-corrected chi connectivity index (χ3v) is 4.19. The van der Waals surface area contributed by atoms with E-state index in [9.17, 15) is 18.0 Å². The maximum Gasteiger partial charge on any atom is 0.397 e. The Labute approximate surface area is 117 Å². The molecular weight excluding hydrogens is 299 g/mol. The molecule has 2 rings (SSSR count). The molecule has 1 aromatic rings. The van der Waals surface area contributed by atoms with Crippen molar-refractivity contribution >= 4 is 29.3 Å². The molecular formula is C12H11ClF3NOS. The number of benzene rings is 1. The Hall–Kier alpha value is -0.880. The van der Waals surface area contributed by atoms with Crippen molar-refractivity contribution in [2.45, 2.75) is 18.0 Å². The number of rotatable bonds is 2. The number of halogens is 4. The van der Waals surface area contributed by atoms with E-state index in [2.05, 4.69) is 0 Å². The Bertz CT molecular complexity index is 480. The summed E-state index contributed by atoms with van der Waals surface area (Å²) in [5.74, 6) is -0.261. The Kier molecular flexibility index (Phi) is 4.30. The predicted octanol–water partition coefficient (Wildman–Crippen LogP) is 3.87. The van der Waals surface area contributed by atoms with Crippen LogP contribution in [0.15, 0.2) is 24.3 Å². The van der Waals surface area contributed by atoms with Gasteiger partial charge < -0.3 is 4.90 Å². The fraction of sp³-hybridized carbons (Fsp3) is 0.417. The van der Waals surface area contributed by atoms with E-state index in [1.54, 1.807) is 24.3 Å². The number of carbonyl (C=O) groups excluding carboxylic acids is 1. The number of nitrogens with zero attached hydrogens (tertiary/aromatic N) is 1. The quantitative estimate of drug-likeness (QED) is 0.826. The van der Waals surface area contributed by atoms with Crippen molar-refractivity contribution in [1.29, 1.82) is 0 Å². The zero-order valence-corrected chi connectivity index (χ0v) is 11.4. The summed E-state index contributed by atoms with van der Waals surface area (Å²) in [6.45, 7) is 0.330. The zero-order chi connectivity index (χ0) is 14.0. The first-order chi connectivity index (χ1) is 8.87. The van der Waals surface area contributed by atoms with Gasteiger partial charge in [-0.2, -0.15) is 13.2 Å². The van der Waals surface area contributed by atoms with E-state index in [4.69, 9.17) is 11.6 Å². The molecule has 0 bridgehead atoms. The van der Waals surface area contributed by atoms with Gasteiger partial charge in [0.05, 0.1) is 0 Å². The minimum absolute atomic E-state index is 0.330. The second-order valence-corrected chi connectivity index (χ2v) is 5.78. The normalized spacial score (nSPS) is 19.8. The van der Waals surface area contributed by atoms with Gasteiger partial charge in [-0.15, -0.1) is 11.8 Å². The molecule has 19 heavy (non-hydrogen) atoms. The third-order valence-electron chi connectivity index (χ3n) is 2.70. The van der Waals surface area contributed by atoms with Gasteiger partial charge in [0.2, 0.25) is 5.91 Å². The Morgan fingerprint density at radius 3 is 2.84 bits per heavy atom. The van der Waals surface area contributed by atoms with Crippen LogP contribution in [0.1, 0.15) is 17.4 Å². The number of carbonyl (C=O) groups is 1. The summed E-state index contributed by atoms with van der Waals surface area (Å²) in [7, 11) is 0. The number of hydrogen-bond donors (Lipinski definition) is 0. The smallest absolute Gasteiger partial charge is 0.325 e. The fourth-order valence-corrected chi connectivity index (χ4v) is 3.40. The molecule has 2 nitrogen and oxygen atoms in total. The Morgan fingerprint density at radius 2 is 2.21 bits per heavy atom. The van der Waals surface area contributed by atoms with Gasteiger partial charge in [0.15, 0.2) is 0 Å². The van der Waals surface area contributed by atoms with Crippen molar-refractivity contribution in [2.75, 3.05) is 12.3 Å². The first kappa shape index (κ1) is 14.5. The maximum atomic E-state index is 12.3. The van der Waals surface area contributed by atoms with Crippen molar-refractivity contribution in [3.8, 4) is 0 Å². The third kappa shape index (κ3) is 3.79. The number of hydrogen-bond acceptors (Lipinski definition) is 2. The van der Waals surface area contributed by atoms with Crippen LogP contribution in [0.3, 0.4) is 0 Å². The molecule has 0 radical (unpaired) electrons. The van der Waals surface area contributed by atoms with Crippen molar-refractivity contribution in [2.24, 2.45) is 0 Å². The predicted molar refractivity (Wildman–Crippen MR) is 69.0 cm³/mol. The summed E-state index contributed by atoms with van der Waals surface area (Å²) in [5, 5.41) is 0.127. The maximum absolute atomic E-state index is 12.3.